The number of nitrogens with two attached hydrogens (primary N) is 1. The number of nitriles is 1. The number of hydrogen-bond donors (Lipinski definition) is 1. The molecule has 3 heteroatoms. The van der Waals surface area contributed by atoms with Crippen molar-refractivity contribution in [3.05, 3.63) is 52.5 Å². The molecule has 0 atom stereocenters. The zero-order valence-electron chi connectivity index (χ0n) is 11.7. The molecule has 0 bridgehead atoms. The van der Waals surface area contributed by atoms with E-state index in [1.165, 1.54) is 0 Å². The van der Waals surface area contributed by atoms with E-state index in [2.05, 4.69) is 19.9 Å². The van der Waals surface area contributed by atoms with Gasteiger partial charge in [-0.15, -0.1) is 0 Å². The van der Waals surface area contributed by atoms with Gasteiger partial charge >= 0.3 is 0 Å². The first-order valence-electron chi connectivity index (χ1n) is 6.59. The summed E-state index contributed by atoms with van der Waals surface area (Å²) in [6, 6.07) is 13.6. The summed E-state index contributed by atoms with van der Waals surface area (Å²) in [6.07, 6.45) is 0.901. The monoisotopic (exact) mass is 284 g/mol. The lowest BCUT2D eigenvalue weighted by atomic mass is 9.94. The Morgan fingerprint density at radius 2 is 1.95 bits per heavy atom. The molecule has 0 radical (unpaired) electrons. The summed E-state index contributed by atoms with van der Waals surface area (Å²) >= 11 is 6.22. The van der Waals surface area contributed by atoms with E-state index in [1.54, 1.807) is 6.07 Å². The maximum Gasteiger partial charge on any atom is 0.0994 e. The van der Waals surface area contributed by atoms with Crippen molar-refractivity contribution < 1.29 is 0 Å². The van der Waals surface area contributed by atoms with Crippen LogP contribution in [0.15, 0.2) is 36.4 Å². The Bertz CT molecular complexity index is 669. The lowest BCUT2D eigenvalue weighted by molar-refractivity contribution is 0.646. The smallest absolute Gasteiger partial charge is 0.0994 e. The average Bonchev–Trinajstić information content (AvgIpc) is 2.39. The maximum absolute atomic E-state index is 9.31. The van der Waals surface area contributed by atoms with E-state index in [1.807, 2.05) is 30.3 Å². The molecule has 0 unspecified atom stereocenters. The summed E-state index contributed by atoms with van der Waals surface area (Å²) in [5.41, 5.74) is 9.97. The maximum atomic E-state index is 9.31. The number of anilines is 1. The molecule has 2 aromatic carbocycles. The third kappa shape index (κ3) is 3.12. The van der Waals surface area contributed by atoms with Crippen LogP contribution in [0.25, 0.3) is 11.1 Å². The van der Waals surface area contributed by atoms with Crippen LogP contribution in [0.1, 0.15) is 25.0 Å². The summed E-state index contributed by atoms with van der Waals surface area (Å²) in [6.45, 7) is 4.29. The largest absolute Gasteiger partial charge is 0.399 e. The van der Waals surface area contributed by atoms with E-state index in [0.717, 1.165) is 23.1 Å². The molecular weight excluding hydrogens is 268 g/mol. The predicted octanol–water partition coefficient (Wildman–Crippen LogP) is 4.66. The number of halogens is 1. The van der Waals surface area contributed by atoms with E-state index in [-0.39, 0.29) is 0 Å². The minimum absolute atomic E-state index is 0.521. The SMILES string of the molecule is CC(C)Cc1ccc(-c2ccc(N)cc2Cl)cc1C#N. The molecule has 0 amide bonds. The molecular formula is C17H17ClN2. The van der Waals surface area contributed by atoms with Crippen LogP contribution in [0, 0.1) is 17.2 Å². The van der Waals surface area contributed by atoms with Gasteiger partial charge in [-0.3, -0.25) is 0 Å². The van der Waals surface area contributed by atoms with Crippen molar-refractivity contribution in [1.29, 1.82) is 5.26 Å². The molecule has 2 nitrogen and oxygen atoms in total. The molecule has 0 aliphatic rings. The normalized spacial score (nSPS) is 10.6. The van der Waals surface area contributed by atoms with E-state index in [0.29, 0.717) is 22.2 Å². The third-order valence-electron chi connectivity index (χ3n) is 3.16. The highest BCUT2D eigenvalue weighted by atomic mass is 35.5. The number of nitrogen functional groups attached to an aromatic ring is 1. The van der Waals surface area contributed by atoms with Gasteiger partial charge in [0.25, 0.3) is 0 Å². The second-order valence-electron chi connectivity index (χ2n) is 5.32. The molecule has 0 fully saturated rings. The zero-order valence-corrected chi connectivity index (χ0v) is 12.4. The quantitative estimate of drug-likeness (QED) is 0.833. The highest BCUT2D eigenvalue weighted by Gasteiger charge is 2.09. The van der Waals surface area contributed by atoms with Crippen molar-refractivity contribution in [2.45, 2.75) is 20.3 Å². The first-order valence-corrected chi connectivity index (χ1v) is 6.97. The van der Waals surface area contributed by atoms with Gasteiger partial charge in [0, 0.05) is 11.3 Å². The van der Waals surface area contributed by atoms with Gasteiger partial charge in [0.15, 0.2) is 0 Å². The molecule has 102 valence electrons. The highest BCUT2D eigenvalue weighted by molar-refractivity contribution is 6.33. The minimum Gasteiger partial charge on any atom is -0.399 e. The van der Waals surface area contributed by atoms with E-state index >= 15 is 0 Å². The fourth-order valence-electron chi connectivity index (χ4n) is 2.23. The van der Waals surface area contributed by atoms with Crippen LogP contribution in [-0.2, 0) is 6.42 Å². The van der Waals surface area contributed by atoms with Crippen LogP contribution < -0.4 is 5.73 Å². The summed E-state index contributed by atoms with van der Waals surface area (Å²) in [7, 11) is 0. The molecule has 0 aromatic heterocycles. The zero-order chi connectivity index (χ0) is 14.7. The van der Waals surface area contributed by atoms with Crippen molar-refractivity contribution in [1.82, 2.24) is 0 Å². The lowest BCUT2D eigenvalue weighted by Gasteiger charge is -2.10. The first-order chi connectivity index (χ1) is 9.51. The summed E-state index contributed by atoms with van der Waals surface area (Å²) < 4.78 is 0. The molecule has 2 rings (SSSR count). The Labute approximate surface area is 124 Å². The second-order valence-corrected chi connectivity index (χ2v) is 5.73. The number of benzene rings is 2. The standard InChI is InChI=1S/C17H17ClN2/c1-11(2)7-12-3-4-13(8-14(12)10-19)16-6-5-15(20)9-17(16)18/h3-6,8-9,11H,7,20H2,1-2H3. The van der Waals surface area contributed by atoms with Crippen molar-refractivity contribution in [2.75, 3.05) is 5.73 Å². The number of hydrogen-bond acceptors (Lipinski definition) is 2. The summed E-state index contributed by atoms with van der Waals surface area (Å²) in [5.74, 6) is 0.521. The molecule has 0 aliphatic heterocycles. The summed E-state index contributed by atoms with van der Waals surface area (Å²) in [4.78, 5) is 0. The third-order valence-corrected chi connectivity index (χ3v) is 3.48. The van der Waals surface area contributed by atoms with Gasteiger partial charge in [0.05, 0.1) is 16.7 Å². The highest BCUT2D eigenvalue weighted by Crippen LogP contribution is 2.31. The fourth-order valence-corrected chi connectivity index (χ4v) is 2.53. The van der Waals surface area contributed by atoms with E-state index in [4.69, 9.17) is 17.3 Å². The molecule has 2 aromatic rings. The average molecular weight is 285 g/mol. The Balaban J connectivity index is 2.46. The molecule has 0 spiro atoms. The Kier molecular flexibility index (Phi) is 4.32. The van der Waals surface area contributed by atoms with Gasteiger partial charge < -0.3 is 5.73 Å². The van der Waals surface area contributed by atoms with Crippen molar-refractivity contribution in [2.24, 2.45) is 5.92 Å². The minimum atomic E-state index is 0.521. The van der Waals surface area contributed by atoms with E-state index in [9.17, 15) is 5.26 Å². The van der Waals surface area contributed by atoms with Gasteiger partial charge in [-0.2, -0.15) is 5.26 Å². The Hall–Kier alpha value is -1.98. The first kappa shape index (κ1) is 14.4. The molecule has 2 N–H and O–H groups in total. The number of nitrogens with zero attached hydrogens (tertiary/aromatic N) is 1. The van der Waals surface area contributed by atoms with Crippen molar-refractivity contribution in [3.63, 3.8) is 0 Å². The fraction of sp³-hybridized carbons (Fsp3) is 0.235. The van der Waals surface area contributed by atoms with Crippen LogP contribution >= 0.6 is 11.6 Å². The molecule has 0 saturated carbocycles. The Morgan fingerprint density at radius 1 is 1.20 bits per heavy atom. The van der Waals surface area contributed by atoms with Gasteiger partial charge in [-0.05, 0) is 41.7 Å². The Morgan fingerprint density at radius 3 is 2.55 bits per heavy atom. The van der Waals surface area contributed by atoms with Crippen LogP contribution in [0.5, 0.6) is 0 Å². The number of rotatable bonds is 3. The predicted molar refractivity (Wildman–Crippen MR) is 84.6 cm³/mol. The summed E-state index contributed by atoms with van der Waals surface area (Å²) in [5, 5.41) is 9.92. The van der Waals surface area contributed by atoms with Crippen LogP contribution in [-0.4, -0.2) is 0 Å². The van der Waals surface area contributed by atoms with Gasteiger partial charge in [0.2, 0.25) is 0 Å². The van der Waals surface area contributed by atoms with Crippen LogP contribution in [0.2, 0.25) is 5.02 Å². The van der Waals surface area contributed by atoms with Gasteiger partial charge in [0.1, 0.15) is 0 Å². The van der Waals surface area contributed by atoms with Crippen LogP contribution in [0.3, 0.4) is 0 Å². The molecule has 0 heterocycles. The van der Waals surface area contributed by atoms with Crippen molar-refractivity contribution in [3.8, 4) is 17.2 Å². The molecule has 0 saturated heterocycles. The van der Waals surface area contributed by atoms with Crippen molar-refractivity contribution >= 4 is 17.3 Å². The molecule has 0 aliphatic carbocycles. The van der Waals surface area contributed by atoms with Gasteiger partial charge in [-0.1, -0.05) is 43.6 Å². The molecule has 20 heavy (non-hydrogen) atoms. The second kappa shape index (κ2) is 5.98. The lowest BCUT2D eigenvalue weighted by Crippen LogP contribution is -1.97. The van der Waals surface area contributed by atoms with Gasteiger partial charge in [-0.25, -0.2) is 0 Å². The topological polar surface area (TPSA) is 49.8 Å². The van der Waals surface area contributed by atoms with E-state index < -0.39 is 0 Å². The van der Waals surface area contributed by atoms with Crippen LogP contribution in [0.4, 0.5) is 5.69 Å².